The second kappa shape index (κ2) is 9.12. The number of methoxy groups -OCH3 is 2. The summed E-state index contributed by atoms with van der Waals surface area (Å²) in [7, 11) is 3.38. The van der Waals surface area contributed by atoms with Gasteiger partial charge < -0.3 is 9.47 Å². The van der Waals surface area contributed by atoms with Crippen molar-refractivity contribution in [3.63, 3.8) is 0 Å². The van der Waals surface area contributed by atoms with Gasteiger partial charge in [-0.1, -0.05) is 12.8 Å². The van der Waals surface area contributed by atoms with Crippen LogP contribution in [0, 0.1) is 0 Å². The standard InChI is InChI=1S/C23H36N6O2/c1-23(2,3)29-22(24-25-26-29)21(19-11-10-18(30-4)16-20(19)31-5)28-14-12-27(13-15-28)17-8-6-7-9-17/h10-11,16-17,21H,6-9,12-15H2,1-5H3/t21-/m1/s1. The molecule has 0 N–H and O–H groups in total. The summed E-state index contributed by atoms with van der Waals surface area (Å²) in [6, 6.07) is 6.71. The van der Waals surface area contributed by atoms with Crippen molar-refractivity contribution >= 4 is 0 Å². The molecule has 1 saturated carbocycles. The van der Waals surface area contributed by atoms with Gasteiger partial charge in [0, 0.05) is 43.9 Å². The molecule has 0 amide bonds. The van der Waals surface area contributed by atoms with Crippen LogP contribution >= 0.6 is 0 Å². The van der Waals surface area contributed by atoms with Crippen LogP contribution in [0.2, 0.25) is 0 Å². The number of tetrazole rings is 1. The monoisotopic (exact) mass is 428 g/mol. The van der Waals surface area contributed by atoms with Crippen LogP contribution in [0.1, 0.15) is 63.9 Å². The van der Waals surface area contributed by atoms with Crippen molar-refractivity contribution in [1.29, 1.82) is 0 Å². The zero-order chi connectivity index (χ0) is 22.0. The van der Waals surface area contributed by atoms with Gasteiger partial charge in [0.15, 0.2) is 5.82 Å². The molecule has 0 bridgehead atoms. The average molecular weight is 429 g/mol. The molecule has 4 rings (SSSR count). The van der Waals surface area contributed by atoms with Gasteiger partial charge in [0.05, 0.1) is 19.8 Å². The minimum absolute atomic E-state index is 0.0826. The summed E-state index contributed by atoms with van der Waals surface area (Å²) < 4.78 is 13.2. The molecule has 1 atom stereocenters. The zero-order valence-electron chi connectivity index (χ0n) is 19.5. The summed E-state index contributed by atoms with van der Waals surface area (Å²) >= 11 is 0. The first-order chi connectivity index (χ1) is 14.9. The topological polar surface area (TPSA) is 68.5 Å². The summed E-state index contributed by atoms with van der Waals surface area (Å²) in [5.41, 5.74) is 0.848. The molecule has 2 fully saturated rings. The lowest BCUT2D eigenvalue weighted by molar-refractivity contribution is 0.0748. The molecule has 0 radical (unpaired) electrons. The van der Waals surface area contributed by atoms with Crippen molar-refractivity contribution < 1.29 is 9.47 Å². The van der Waals surface area contributed by atoms with Crippen molar-refractivity contribution in [2.24, 2.45) is 0 Å². The zero-order valence-corrected chi connectivity index (χ0v) is 19.5. The fourth-order valence-electron chi connectivity index (χ4n) is 5.02. The molecule has 2 heterocycles. The van der Waals surface area contributed by atoms with Crippen LogP contribution < -0.4 is 9.47 Å². The van der Waals surface area contributed by atoms with E-state index in [1.807, 2.05) is 16.8 Å². The molecule has 0 spiro atoms. The Morgan fingerprint density at radius 3 is 2.32 bits per heavy atom. The maximum atomic E-state index is 5.79. The smallest absolute Gasteiger partial charge is 0.173 e. The number of hydrogen-bond donors (Lipinski definition) is 0. The molecule has 31 heavy (non-hydrogen) atoms. The predicted octanol–water partition coefficient (Wildman–Crippen LogP) is 3.09. The summed E-state index contributed by atoms with van der Waals surface area (Å²) in [4.78, 5) is 5.18. The Hall–Kier alpha value is -2.19. The van der Waals surface area contributed by atoms with Gasteiger partial charge in [-0.2, -0.15) is 0 Å². The van der Waals surface area contributed by atoms with Gasteiger partial charge >= 0.3 is 0 Å². The van der Waals surface area contributed by atoms with Crippen LogP contribution in [0.4, 0.5) is 0 Å². The van der Waals surface area contributed by atoms with E-state index in [-0.39, 0.29) is 11.6 Å². The Kier molecular flexibility index (Phi) is 6.48. The number of rotatable bonds is 6. The largest absolute Gasteiger partial charge is 0.497 e. The quantitative estimate of drug-likeness (QED) is 0.700. The van der Waals surface area contributed by atoms with Gasteiger partial charge in [-0.15, -0.1) is 5.10 Å². The van der Waals surface area contributed by atoms with Crippen molar-refractivity contribution in [3.8, 4) is 11.5 Å². The van der Waals surface area contributed by atoms with E-state index in [9.17, 15) is 0 Å². The van der Waals surface area contributed by atoms with Crippen LogP contribution in [0.15, 0.2) is 18.2 Å². The second-order valence-electron chi connectivity index (χ2n) is 9.64. The third-order valence-electron chi connectivity index (χ3n) is 6.66. The molecule has 1 saturated heterocycles. The summed E-state index contributed by atoms with van der Waals surface area (Å²) in [6.07, 6.45) is 5.43. The van der Waals surface area contributed by atoms with E-state index in [4.69, 9.17) is 9.47 Å². The highest BCUT2D eigenvalue weighted by Gasteiger charge is 2.36. The summed E-state index contributed by atoms with van der Waals surface area (Å²) in [5.74, 6) is 2.43. The molecule has 2 aliphatic rings. The molecule has 2 aromatic rings. The molecule has 8 heteroatoms. The van der Waals surface area contributed by atoms with Gasteiger partial charge in [0.25, 0.3) is 0 Å². The number of benzene rings is 1. The fourth-order valence-corrected chi connectivity index (χ4v) is 5.02. The van der Waals surface area contributed by atoms with Crippen LogP contribution in [-0.2, 0) is 5.54 Å². The summed E-state index contributed by atoms with van der Waals surface area (Å²) in [5, 5.41) is 12.9. The van der Waals surface area contributed by atoms with Crippen molar-refractivity contribution in [1.82, 2.24) is 30.0 Å². The second-order valence-corrected chi connectivity index (χ2v) is 9.64. The minimum atomic E-state index is -0.220. The normalized spacial score (nSPS) is 20.2. The van der Waals surface area contributed by atoms with Crippen LogP contribution in [0.5, 0.6) is 11.5 Å². The molecule has 170 valence electrons. The first kappa shape index (κ1) is 22.0. The van der Waals surface area contributed by atoms with Crippen molar-refractivity contribution in [2.45, 2.75) is 64.1 Å². The first-order valence-electron chi connectivity index (χ1n) is 11.4. The number of hydrogen-bond acceptors (Lipinski definition) is 7. The Balaban J connectivity index is 1.69. The SMILES string of the molecule is COc1ccc([C@H](c2nnnn2C(C)(C)C)N2CCN(C3CCCC3)CC2)c(OC)c1. The van der Waals surface area contributed by atoms with E-state index in [1.165, 1.54) is 25.7 Å². The number of nitrogens with zero attached hydrogens (tertiary/aromatic N) is 6. The average Bonchev–Trinajstić information content (AvgIpc) is 3.47. The third kappa shape index (κ3) is 4.55. The van der Waals surface area contributed by atoms with Gasteiger partial charge in [0.2, 0.25) is 0 Å². The molecule has 0 unspecified atom stereocenters. The molecule has 1 aliphatic heterocycles. The number of piperazine rings is 1. The van der Waals surface area contributed by atoms with Crippen molar-refractivity contribution in [3.05, 3.63) is 29.6 Å². The lowest BCUT2D eigenvalue weighted by Gasteiger charge is -2.41. The van der Waals surface area contributed by atoms with Crippen molar-refractivity contribution in [2.75, 3.05) is 40.4 Å². The molecular formula is C23H36N6O2. The Morgan fingerprint density at radius 2 is 1.71 bits per heavy atom. The Bertz CT molecular complexity index is 863. The lowest BCUT2D eigenvalue weighted by Crippen LogP contribution is -2.51. The van der Waals surface area contributed by atoms with E-state index in [2.05, 4.69) is 52.2 Å². The molecule has 1 aliphatic carbocycles. The molecule has 1 aromatic carbocycles. The van der Waals surface area contributed by atoms with Gasteiger partial charge in [-0.3, -0.25) is 9.80 Å². The first-order valence-corrected chi connectivity index (χ1v) is 11.4. The van der Waals surface area contributed by atoms with Gasteiger partial charge in [0.1, 0.15) is 17.5 Å². The van der Waals surface area contributed by atoms with E-state index < -0.39 is 0 Å². The lowest BCUT2D eigenvalue weighted by atomic mass is 10.00. The molecule has 1 aromatic heterocycles. The van der Waals surface area contributed by atoms with Gasteiger partial charge in [-0.05, 0) is 56.2 Å². The third-order valence-corrected chi connectivity index (χ3v) is 6.66. The maximum Gasteiger partial charge on any atom is 0.173 e. The van der Waals surface area contributed by atoms with Crippen LogP contribution in [0.25, 0.3) is 0 Å². The molecular weight excluding hydrogens is 392 g/mol. The van der Waals surface area contributed by atoms with Gasteiger partial charge in [-0.25, -0.2) is 4.68 Å². The maximum absolute atomic E-state index is 5.79. The Labute approximate surface area is 185 Å². The van der Waals surface area contributed by atoms with E-state index in [1.54, 1.807) is 14.2 Å². The van der Waals surface area contributed by atoms with Crippen LogP contribution in [-0.4, -0.2) is 76.4 Å². The highest BCUT2D eigenvalue weighted by atomic mass is 16.5. The minimum Gasteiger partial charge on any atom is -0.497 e. The highest BCUT2D eigenvalue weighted by molar-refractivity contribution is 5.44. The predicted molar refractivity (Wildman–Crippen MR) is 120 cm³/mol. The Morgan fingerprint density at radius 1 is 1.00 bits per heavy atom. The van der Waals surface area contributed by atoms with E-state index >= 15 is 0 Å². The number of aromatic nitrogens is 4. The number of ether oxygens (including phenoxy) is 2. The van der Waals surface area contributed by atoms with E-state index in [0.29, 0.717) is 0 Å². The van der Waals surface area contributed by atoms with Crippen LogP contribution in [0.3, 0.4) is 0 Å². The van der Waals surface area contributed by atoms with E-state index in [0.717, 1.165) is 55.1 Å². The highest BCUT2D eigenvalue weighted by Crippen LogP contribution is 2.38. The fraction of sp³-hybridized carbons (Fsp3) is 0.696. The molecule has 8 nitrogen and oxygen atoms in total. The summed E-state index contributed by atoms with van der Waals surface area (Å²) in [6.45, 7) is 10.5.